The van der Waals surface area contributed by atoms with Crippen molar-refractivity contribution in [3.05, 3.63) is 58.1 Å². The molecular weight excluding hydrogens is 444 g/mol. The minimum atomic E-state index is -1.17. The Labute approximate surface area is 174 Å². The number of nitrogens with one attached hydrogen (secondary N) is 1. The van der Waals surface area contributed by atoms with Gasteiger partial charge in [-0.2, -0.15) is 0 Å². The van der Waals surface area contributed by atoms with Crippen LogP contribution >= 0.6 is 15.9 Å². The van der Waals surface area contributed by atoms with Crippen LogP contribution < -0.4 is 19.9 Å². The highest BCUT2D eigenvalue weighted by atomic mass is 79.9. The Morgan fingerprint density at radius 1 is 1.24 bits per heavy atom. The van der Waals surface area contributed by atoms with Crippen LogP contribution in [0.1, 0.15) is 12.5 Å². The average Bonchev–Trinajstić information content (AvgIpc) is 2.98. The van der Waals surface area contributed by atoms with Crippen LogP contribution in [0.15, 0.2) is 52.5 Å². The van der Waals surface area contributed by atoms with Crippen molar-refractivity contribution < 1.29 is 29.0 Å². The number of anilines is 1. The number of halogens is 1. The highest BCUT2D eigenvalue weighted by molar-refractivity contribution is 9.10. The van der Waals surface area contributed by atoms with Crippen molar-refractivity contribution >= 4 is 45.5 Å². The molecule has 29 heavy (non-hydrogen) atoms. The summed E-state index contributed by atoms with van der Waals surface area (Å²) in [5.41, 5.74) is 3.22. The van der Waals surface area contributed by atoms with E-state index in [1.807, 2.05) is 0 Å². The fourth-order valence-corrected chi connectivity index (χ4v) is 3.13. The second kappa shape index (κ2) is 8.36. The number of methoxy groups -OCH3 is 1. The van der Waals surface area contributed by atoms with Crippen LogP contribution in [0.4, 0.5) is 5.69 Å². The zero-order valence-electron chi connectivity index (χ0n) is 15.5. The van der Waals surface area contributed by atoms with Gasteiger partial charge >= 0.3 is 5.97 Å². The third kappa shape index (κ3) is 4.24. The molecule has 1 unspecified atom stereocenters. The van der Waals surface area contributed by atoms with E-state index in [9.17, 15) is 14.4 Å². The van der Waals surface area contributed by atoms with Gasteiger partial charge in [0.1, 0.15) is 5.57 Å². The molecule has 1 saturated heterocycles. The maximum Gasteiger partial charge on any atom is 0.344 e. The van der Waals surface area contributed by atoms with Crippen LogP contribution in [0.25, 0.3) is 6.08 Å². The van der Waals surface area contributed by atoms with Crippen LogP contribution in [-0.2, 0) is 14.4 Å². The fourth-order valence-electron chi connectivity index (χ4n) is 2.67. The Balaban J connectivity index is 2.05. The summed E-state index contributed by atoms with van der Waals surface area (Å²) >= 11 is 3.33. The van der Waals surface area contributed by atoms with Gasteiger partial charge in [0.15, 0.2) is 17.6 Å². The number of ether oxygens (including phenoxy) is 2. The molecule has 1 aliphatic rings. The first-order valence-corrected chi connectivity index (χ1v) is 9.30. The molecule has 3 rings (SSSR count). The van der Waals surface area contributed by atoms with Crippen molar-refractivity contribution in [3.63, 3.8) is 0 Å². The first kappa shape index (κ1) is 20.4. The van der Waals surface area contributed by atoms with Gasteiger partial charge < -0.3 is 14.6 Å². The summed E-state index contributed by atoms with van der Waals surface area (Å²) in [7, 11) is 1.40. The van der Waals surface area contributed by atoms with Gasteiger partial charge in [-0.15, -0.1) is 0 Å². The number of hydrogen-bond donors (Lipinski definition) is 2. The number of nitrogens with zero attached hydrogens (tertiary/aromatic N) is 1. The summed E-state index contributed by atoms with van der Waals surface area (Å²) in [5, 5.41) is 10.3. The zero-order valence-corrected chi connectivity index (χ0v) is 17.1. The molecule has 0 aromatic heterocycles. The van der Waals surface area contributed by atoms with E-state index in [2.05, 4.69) is 21.4 Å². The highest BCUT2D eigenvalue weighted by Crippen LogP contribution is 2.37. The Hall–Kier alpha value is -3.33. The molecule has 1 atom stereocenters. The lowest BCUT2D eigenvalue weighted by atomic mass is 10.1. The van der Waals surface area contributed by atoms with Gasteiger partial charge in [-0.1, -0.05) is 34.1 Å². The molecule has 2 aromatic carbocycles. The predicted octanol–water partition coefficient (Wildman–Crippen LogP) is 2.77. The second-order valence-corrected chi connectivity index (χ2v) is 7.02. The number of para-hydroxylation sites is 1. The number of carbonyl (C=O) groups excluding carboxylic acids is 2. The summed E-state index contributed by atoms with van der Waals surface area (Å²) in [6.07, 6.45) is 0.175. The van der Waals surface area contributed by atoms with Gasteiger partial charge in [-0.05, 0) is 37.3 Å². The summed E-state index contributed by atoms with van der Waals surface area (Å²) in [5.74, 6) is -1.94. The quantitative estimate of drug-likeness (QED) is 0.507. The monoisotopic (exact) mass is 460 g/mol. The van der Waals surface area contributed by atoms with E-state index < -0.39 is 23.9 Å². The maximum absolute atomic E-state index is 12.8. The van der Waals surface area contributed by atoms with E-state index in [4.69, 9.17) is 14.6 Å². The Bertz CT molecular complexity index is 1010. The maximum atomic E-state index is 12.8. The van der Waals surface area contributed by atoms with Crippen LogP contribution in [-0.4, -0.2) is 36.1 Å². The third-order valence-corrected chi connectivity index (χ3v) is 4.57. The van der Waals surface area contributed by atoms with E-state index in [1.165, 1.54) is 20.1 Å². The van der Waals surface area contributed by atoms with Crippen LogP contribution in [0, 0.1) is 0 Å². The fraction of sp³-hybridized carbons (Fsp3) is 0.150. The van der Waals surface area contributed by atoms with Gasteiger partial charge in [0.2, 0.25) is 0 Å². The normalized spacial score (nSPS) is 16.0. The molecule has 0 radical (unpaired) electrons. The molecule has 2 N–H and O–H groups in total. The smallest absolute Gasteiger partial charge is 0.344 e. The van der Waals surface area contributed by atoms with E-state index in [1.54, 1.807) is 42.5 Å². The molecule has 2 aromatic rings. The van der Waals surface area contributed by atoms with Crippen molar-refractivity contribution in [1.29, 1.82) is 0 Å². The number of rotatable bonds is 6. The van der Waals surface area contributed by atoms with Gasteiger partial charge in [0, 0.05) is 10.0 Å². The zero-order chi connectivity index (χ0) is 21.1. The van der Waals surface area contributed by atoms with Crippen LogP contribution in [0.2, 0.25) is 0 Å². The standard InChI is InChI=1S/C20H17BrN2O6/c1-11(20(26)27)29-17-12(8-13(21)10-16(17)28-2)9-15-18(24)22-23(19(15)25)14-6-4-3-5-7-14/h3-11H,1-2H3,(H,22,24)(H,26,27). The van der Waals surface area contributed by atoms with Gasteiger partial charge in [-0.3, -0.25) is 15.0 Å². The van der Waals surface area contributed by atoms with Gasteiger partial charge in [0.05, 0.1) is 12.8 Å². The first-order chi connectivity index (χ1) is 13.8. The Kier molecular flexibility index (Phi) is 5.88. The molecule has 1 heterocycles. The molecule has 0 saturated carbocycles. The number of hydrogen-bond acceptors (Lipinski definition) is 5. The molecule has 150 valence electrons. The molecular formula is C20H17BrN2O6. The number of carboxylic acid groups (broad SMARTS) is 1. The number of carbonyl (C=O) groups is 3. The number of carboxylic acids is 1. The van der Waals surface area contributed by atoms with E-state index in [0.717, 1.165) is 5.01 Å². The van der Waals surface area contributed by atoms with Crippen molar-refractivity contribution in [3.8, 4) is 11.5 Å². The molecule has 0 spiro atoms. The van der Waals surface area contributed by atoms with Crippen molar-refractivity contribution in [2.24, 2.45) is 0 Å². The minimum Gasteiger partial charge on any atom is -0.493 e. The molecule has 1 aliphatic heterocycles. The summed E-state index contributed by atoms with van der Waals surface area (Å²) in [6, 6.07) is 11.9. The number of amides is 2. The van der Waals surface area contributed by atoms with E-state index in [-0.39, 0.29) is 17.1 Å². The average molecular weight is 461 g/mol. The molecule has 1 fully saturated rings. The lowest BCUT2D eigenvalue weighted by Gasteiger charge is -2.17. The number of hydrazine groups is 1. The third-order valence-electron chi connectivity index (χ3n) is 4.12. The van der Waals surface area contributed by atoms with Crippen molar-refractivity contribution in [1.82, 2.24) is 5.43 Å². The van der Waals surface area contributed by atoms with Gasteiger partial charge in [-0.25, -0.2) is 9.80 Å². The molecule has 0 bridgehead atoms. The summed E-state index contributed by atoms with van der Waals surface area (Å²) < 4.78 is 11.4. The van der Waals surface area contributed by atoms with E-state index >= 15 is 0 Å². The van der Waals surface area contributed by atoms with Gasteiger partial charge in [0.25, 0.3) is 11.8 Å². The highest BCUT2D eigenvalue weighted by Gasteiger charge is 2.35. The Morgan fingerprint density at radius 3 is 2.55 bits per heavy atom. The summed E-state index contributed by atoms with van der Waals surface area (Å²) in [4.78, 5) is 36.4. The second-order valence-electron chi connectivity index (χ2n) is 6.10. The molecule has 2 amide bonds. The largest absolute Gasteiger partial charge is 0.493 e. The number of benzene rings is 2. The van der Waals surface area contributed by atoms with Crippen LogP contribution in [0.5, 0.6) is 11.5 Å². The first-order valence-electron chi connectivity index (χ1n) is 8.51. The molecule has 0 aliphatic carbocycles. The number of aliphatic carboxylic acids is 1. The molecule has 8 nitrogen and oxygen atoms in total. The predicted molar refractivity (Wildman–Crippen MR) is 108 cm³/mol. The SMILES string of the molecule is COc1cc(Br)cc(C=C2C(=O)NN(c3ccccc3)C2=O)c1OC(C)C(=O)O. The minimum absolute atomic E-state index is 0.108. The van der Waals surface area contributed by atoms with Crippen molar-refractivity contribution in [2.45, 2.75) is 13.0 Å². The lowest BCUT2D eigenvalue weighted by Crippen LogP contribution is -2.35. The van der Waals surface area contributed by atoms with Crippen molar-refractivity contribution in [2.75, 3.05) is 12.1 Å². The van der Waals surface area contributed by atoms with Crippen LogP contribution in [0.3, 0.4) is 0 Å². The van der Waals surface area contributed by atoms with E-state index in [0.29, 0.717) is 15.7 Å². The molecule has 9 heteroatoms. The topological polar surface area (TPSA) is 105 Å². The lowest BCUT2D eigenvalue weighted by molar-refractivity contribution is -0.144. The summed E-state index contributed by atoms with van der Waals surface area (Å²) in [6.45, 7) is 1.37. The Morgan fingerprint density at radius 2 is 1.93 bits per heavy atom.